The number of imidazole rings is 1. The van der Waals surface area contributed by atoms with Gasteiger partial charge in [-0.3, -0.25) is 4.79 Å². The highest BCUT2D eigenvalue weighted by atomic mass is 79.9. The Labute approximate surface area is 168 Å². The number of halogens is 4. The molecule has 0 saturated heterocycles. The summed E-state index contributed by atoms with van der Waals surface area (Å²) in [4.78, 5) is 15.8. The number of aryl methyl sites for hydroxylation is 1. The molecule has 0 aliphatic carbocycles. The molecule has 0 fully saturated rings. The number of rotatable bonds is 8. The van der Waals surface area contributed by atoms with Gasteiger partial charge in [-0.2, -0.15) is 18.4 Å². The maximum absolute atomic E-state index is 13.8. The summed E-state index contributed by atoms with van der Waals surface area (Å²) >= 11 is 3.29. The SMILES string of the molecule is Cn1ccnc1C(CC#N)(OC(=O)CCCOc1ccc(Br)cc1)C(F)(F)F. The third kappa shape index (κ3) is 5.04. The number of hydrogen-bond acceptors (Lipinski definition) is 5. The number of aromatic nitrogens is 2. The van der Waals surface area contributed by atoms with Crippen molar-refractivity contribution in [3.8, 4) is 11.8 Å². The Hall–Kier alpha value is -2.54. The van der Waals surface area contributed by atoms with Crippen molar-refractivity contribution in [2.24, 2.45) is 7.05 Å². The van der Waals surface area contributed by atoms with Crippen LogP contribution in [0, 0.1) is 11.3 Å². The van der Waals surface area contributed by atoms with Gasteiger partial charge in [-0.25, -0.2) is 4.98 Å². The zero-order valence-corrected chi connectivity index (χ0v) is 16.5. The summed E-state index contributed by atoms with van der Waals surface area (Å²) in [6.45, 7) is 0.121. The Morgan fingerprint density at radius 2 is 2.00 bits per heavy atom. The maximum Gasteiger partial charge on any atom is 0.436 e. The van der Waals surface area contributed by atoms with E-state index >= 15 is 0 Å². The molecule has 2 aromatic rings. The van der Waals surface area contributed by atoms with Crippen molar-refractivity contribution in [3.63, 3.8) is 0 Å². The number of hydrogen-bond donors (Lipinski definition) is 0. The minimum Gasteiger partial charge on any atom is -0.494 e. The fraction of sp³-hybridized carbons (Fsp3) is 0.389. The van der Waals surface area contributed by atoms with Gasteiger partial charge in [0.25, 0.3) is 5.60 Å². The second-order valence-electron chi connectivity index (χ2n) is 5.90. The van der Waals surface area contributed by atoms with Gasteiger partial charge in [-0.05, 0) is 30.7 Å². The van der Waals surface area contributed by atoms with Gasteiger partial charge < -0.3 is 14.0 Å². The summed E-state index contributed by atoms with van der Waals surface area (Å²) < 4.78 is 53.6. The summed E-state index contributed by atoms with van der Waals surface area (Å²) in [5.41, 5.74) is -3.12. The smallest absolute Gasteiger partial charge is 0.436 e. The molecule has 150 valence electrons. The maximum atomic E-state index is 13.8. The molecule has 10 heteroatoms. The highest BCUT2D eigenvalue weighted by Gasteiger charge is 2.62. The molecule has 0 N–H and O–H groups in total. The van der Waals surface area contributed by atoms with Crippen LogP contribution in [0.1, 0.15) is 25.1 Å². The van der Waals surface area contributed by atoms with E-state index in [1.807, 2.05) is 0 Å². The van der Waals surface area contributed by atoms with E-state index in [0.29, 0.717) is 5.75 Å². The highest BCUT2D eigenvalue weighted by Crippen LogP contribution is 2.44. The Balaban J connectivity index is 2.03. The van der Waals surface area contributed by atoms with Crippen LogP contribution in [0.5, 0.6) is 5.75 Å². The number of esters is 1. The van der Waals surface area contributed by atoms with E-state index in [0.717, 1.165) is 15.2 Å². The zero-order valence-electron chi connectivity index (χ0n) is 14.9. The molecule has 0 bridgehead atoms. The lowest BCUT2D eigenvalue weighted by Gasteiger charge is -2.32. The fourth-order valence-corrected chi connectivity index (χ4v) is 2.76. The largest absolute Gasteiger partial charge is 0.494 e. The van der Waals surface area contributed by atoms with Crippen molar-refractivity contribution in [1.29, 1.82) is 5.26 Å². The van der Waals surface area contributed by atoms with Crippen LogP contribution in [-0.2, 0) is 22.2 Å². The van der Waals surface area contributed by atoms with Crippen LogP contribution in [-0.4, -0.2) is 28.3 Å². The van der Waals surface area contributed by atoms with Crippen molar-refractivity contribution >= 4 is 21.9 Å². The number of ether oxygens (including phenoxy) is 2. The molecule has 0 aliphatic rings. The second kappa shape index (κ2) is 9.10. The first-order valence-corrected chi connectivity index (χ1v) is 9.00. The topological polar surface area (TPSA) is 77.1 Å². The van der Waals surface area contributed by atoms with E-state index in [4.69, 9.17) is 14.7 Å². The lowest BCUT2D eigenvalue weighted by Crippen LogP contribution is -2.48. The molecule has 2 rings (SSSR count). The van der Waals surface area contributed by atoms with Crippen LogP contribution in [0.4, 0.5) is 13.2 Å². The van der Waals surface area contributed by atoms with Gasteiger partial charge in [0.1, 0.15) is 5.75 Å². The summed E-state index contributed by atoms with van der Waals surface area (Å²) in [5.74, 6) is -1.07. The number of carbonyl (C=O) groups is 1. The normalized spacial score (nSPS) is 13.4. The molecular formula is C18H17BrF3N3O3. The molecule has 0 saturated carbocycles. The van der Waals surface area contributed by atoms with E-state index in [-0.39, 0.29) is 19.4 Å². The number of alkyl halides is 3. The van der Waals surface area contributed by atoms with Crippen LogP contribution in [0.15, 0.2) is 41.1 Å². The van der Waals surface area contributed by atoms with Crippen molar-refractivity contribution in [1.82, 2.24) is 9.55 Å². The number of nitrogens with zero attached hydrogens (tertiary/aromatic N) is 3. The lowest BCUT2D eigenvalue weighted by molar-refractivity contribution is -0.278. The molecule has 6 nitrogen and oxygen atoms in total. The van der Waals surface area contributed by atoms with Gasteiger partial charge in [0, 0.05) is 30.3 Å². The van der Waals surface area contributed by atoms with E-state index in [9.17, 15) is 18.0 Å². The average molecular weight is 460 g/mol. The summed E-state index contributed by atoms with van der Waals surface area (Å²) in [7, 11) is 1.33. The molecular weight excluding hydrogens is 443 g/mol. The van der Waals surface area contributed by atoms with Crippen LogP contribution >= 0.6 is 15.9 Å². The average Bonchev–Trinajstić information content (AvgIpc) is 3.05. The first-order valence-electron chi connectivity index (χ1n) is 8.21. The molecule has 1 atom stereocenters. The predicted molar refractivity (Wildman–Crippen MR) is 96.1 cm³/mol. The van der Waals surface area contributed by atoms with Crippen molar-refractivity contribution < 1.29 is 27.4 Å². The molecule has 1 aromatic heterocycles. The van der Waals surface area contributed by atoms with Crippen LogP contribution in [0.25, 0.3) is 0 Å². The summed E-state index contributed by atoms with van der Waals surface area (Å²) in [6, 6.07) is 8.42. The Bertz CT molecular complexity index is 846. The molecule has 0 aliphatic heterocycles. The first-order chi connectivity index (χ1) is 13.2. The number of benzene rings is 1. The Morgan fingerprint density at radius 1 is 1.32 bits per heavy atom. The summed E-state index contributed by atoms with van der Waals surface area (Å²) in [6.07, 6.45) is -3.83. The summed E-state index contributed by atoms with van der Waals surface area (Å²) in [5, 5.41) is 8.93. The van der Waals surface area contributed by atoms with E-state index < -0.39 is 30.0 Å². The fourth-order valence-electron chi connectivity index (χ4n) is 2.49. The lowest BCUT2D eigenvalue weighted by atomic mass is 9.98. The van der Waals surface area contributed by atoms with Gasteiger partial charge in [-0.15, -0.1) is 0 Å². The monoisotopic (exact) mass is 459 g/mol. The molecule has 0 spiro atoms. The van der Waals surface area contributed by atoms with Crippen LogP contribution in [0.3, 0.4) is 0 Å². The van der Waals surface area contributed by atoms with Crippen molar-refractivity contribution in [2.75, 3.05) is 6.61 Å². The Morgan fingerprint density at radius 3 is 2.54 bits per heavy atom. The minimum atomic E-state index is -5.01. The van der Waals surface area contributed by atoms with Crippen LogP contribution in [0.2, 0.25) is 0 Å². The van der Waals surface area contributed by atoms with Gasteiger partial charge >= 0.3 is 12.1 Å². The van der Waals surface area contributed by atoms with Crippen molar-refractivity contribution in [3.05, 3.63) is 47.0 Å². The highest BCUT2D eigenvalue weighted by molar-refractivity contribution is 9.10. The molecule has 0 amide bonds. The quantitative estimate of drug-likeness (QED) is 0.435. The molecule has 1 heterocycles. The third-order valence-electron chi connectivity index (χ3n) is 3.86. The second-order valence-corrected chi connectivity index (χ2v) is 6.82. The zero-order chi connectivity index (χ0) is 20.8. The first kappa shape index (κ1) is 21.8. The van der Waals surface area contributed by atoms with Gasteiger partial charge in [0.05, 0.1) is 19.1 Å². The van der Waals surface area contributed by atoms with Gasteiger partial charge in [-0.1, -0.05) is 15.9 Å². The Kier molecular flexibility index (Phi) is 7.07. The third-order valence-corrected chi connectivity index (χ3v) is 4.39. The van der Waals surface area contributed by atoms with Crippen LogP contribution < -0.4 is 4.74 Å². The molecule has 1 unspecified atom stereocenters. The number of nitriles is 1. The minimum absolute atomic E-state index is 0.121. The van der Waals surface area contributed by atoms with Gasteiger partial charge in [0.2, 0.25) is 0 Å². The van der Waals surface area contributed by atoms with E-state index in [2.05, 4.69) is 20.9 Å². The van der Waals surface area contributed by atoms with Crippen molar-refractivity contribution in [2.45, 2.75) is 31.0 Å². The molecule has 1 aromatic carbocycles. The molecule has 0 radical (unpaired) electrons. The standard InChI is InChI=1S/C18H17BrF3N3O3/c1-25-11-10-24-16(25)17(8-9-23,18(20,21)22)28-15(26)3-2-12-27-14-6-4-13(19)5-7-14/h4-7,10-11H,2-3,8,12H2,1H3. The van der Waals surface area contributed by atoms with E-state index in [1.165, 1.54) is 19.3 Å². The number of carbonyl (C=O) groups excluding carboxylic acids is 1. The predicted octanol–water partition coefficient (Wildman–Crippen LogP) is 4.26. The van der Waals surface area contributed by atoms with Gasteiger partial charge in [0.15, 0.2) is 5.82 Å². The van der Waals surface area contributed by atoms with E-state index in [1.54, 1.807) is 24.3 Å². The molecule has 28 heavy (non-hydrogen) atoms.